The monoisotopic (exact) mass is 670 g/mol. The molecule has 48 heavy (non-hydrogen) atoms. The number of rotatable bonds is 6. The maximum Gasteiger partial charge on any atom is 0.340 e. The summed E-state index contributed by atoms with van der Waals surface area (Å²) >= 11 is 0. The van der Waals surface area contributed by atoms with E-state index in [1.165, 1.54) is 12.1 Å². The Labute approximate surface area is 279 Å². The molecule has 0 spiro atoms. The second kappa shape index (κ2) is 11.6. The molecule has 8 heteroatoms. The number of benzene rings is 7. The normalized spacial score (nSPS) is 13.5. The van der Waals surface area contributed by atoms with Gasteiger partial charge in [-0.2, -0.15) is 16.8 Å². The molecule has 0 radical (unpaired) electrons. The Kier molecular flexibility index (Phi) is 7.32. The third-order valence-corrected chi connectivity index (χ3v) is 11.6. The standard InChI is InChI=1S/C40H30O6S2/c41-47(42,43)38-24-23-37(33-19-7-8-20-34(33)38)46-48(44,45)40-36(32-21-9-14-26-11-1-4-16-29(26)32)25-28-13-3-6-18-31(28)39(40)35-22-10-15-27-12-2-5-17-30(27)35/h1-6,9-18,21-25H,7-8,19-20H2,(H,41,42,43). The largest absolute Gasteiger partial charge is 0.379 e. The Bertz CT molecular complexity index is 2630. The van der Waals surface area contributed by atoms with Crippen LogP contribution in [-0.4, -0.2) is 21.4 Å². The summed E-state index contributed by atoms with van der Waals surface area (Å²) in [6.07, 6.45) is 2.26. The number of hydrogen-bond acceptors (Lipinski definition) is 5. The second-order valence-corrected chi connectivity index (χ2v) is 15.0. The summed E-state index contributed by atoms with van der Waals surface area (Å²) in [4.78, 5) is -0.183. The van der Waals surface area contributed by atoms with Crippen LogP contribution in [0.1, 0.15) is 24.0 Å². The molecule has 0 fully saturated rings. The van der Waals surface area contributed by atoms with Crippen LogP contribution in [0.4, 0.5) is 0 Å². The molecule has 8 rings (SSSR count). The minimum absolute atomic E-state index is 0.0253. The Morgan fingerprint density at radius 1 is 0.521 bits per heavy atom. The van der Waals surface area contributed by atoms with Crippen LogP contribution in [0.15, 0.2) is 137 Å². The summed E-state index contributed by atoms with van der Waals surface area (Å²) in [6.45, 7) is 0. The minimum atomic E-state index is -4.59. The van der Waals surface area contributed by atoms with Gasteiger partial charge in [-0.25, -0.2) is 0 Å². The highest BCUT2D eigenvalue weighted by Gasteiger charge is 2.32. The number of hydrogen-bond donors (Lipinski definition) is 1. The Morgan fingerprint density at radius 2 is 1.06 bits per heavy atom. The topological polar surface area (TPSA) is 97.7 Å². The van der Waals surface area contributed by atoms with E-state index in [9.17, 15) is 13.0 Å². The van der Waals surface area contributed by atoms with Gasteiger partial charge in [-0.1, -0.05) is 109 Å². The highest BCUT2D eigenvalue weighted by Crippen LogP contribution is 2.46. The molecule has 0 aliphatic heterocycles. The van der Waals surface area contributed by atoms with Gasteiger partial charge in [0, 0.05) is 16.7 Å². The van der Waals surface area contributed by atoms with Crippen molar-refractivity contribution in [3.8, 4) is 28.0 Å². The van der Waals surface area contributed by atoms with E-state index >= 15 is 8.42 Å². The lowest BCUT2D eigenvalue weighted by molar-refractivity contribution is 0.475. The van der Waals surface area contributed by atoms with Gasteiger partial charge in [0.25, 0.3) is 10.1 Å². The zero-order valence-electron chi connectivity index (χ0n) is 25.8. The SMILES string of the molecule is O=S(=O)(O)c1ccc(OS(=O)(=O)c2c(-c3cccc4ccccc34)cc3ccccc3c2-c2cccc3ccccc23)c2c1CCCC2. The molecule has 0 saturated carbocycles. The predicted molar refractivity (Wildman–Crippen MR) is 191 cm³/mol. The molecule has 6 nitrogen and oxygen atoms in total. The highest BCUT2D eigenvalue weighted by molar-refractivity contribution is 7.87. The van der Waals surface area contributed by atoms with Crippen molar-refractivity contribution in [1.82, 2.24) is 0 Å². The van der Waals surface area contributed by atoms with E-state index in [1.807, 2.05) is 115 Å². The lowest BCUT2D eigenvalue weighted by atomic mass is 9.89. The van der Waals surface area contributed by atoms with Crippen molar-refractivity contribution < 1.29 is 25.6 Å². The zero-order chi connectivity index (χ0) is 33.0. The van der Waals surface area contributed by atoms with Crippen LogP contribution in [-0.2, 0) is 33.1 Å². The van der Waals surface area contributed by atoms with Crippen LogP contribution < -0.4 is 4.18 Å². The molecule has 0 saturated heterocycles. The van der Waals surface area contributed by atoms with Gasteiger partial charge >= 0.3 is 10.1 Å². The summed E-state index contributed by atoms with van der Waals surface area (Å²) in [6, 6.07) is 39.8. The first-order valence-electron chi connectivity index (χ1n) is 15.8. The number of fused-ring (bicyclic) bond motifs is 4. The molecule has 0 bridgehead atoms. The van der Waals surface area contributed by atoms with Crippen molar-refractivity contribution in [3.05, 3.63) is 139 Å². The van der Waals surface area contributed by atoms with Crippen molar-refractivity contribution in [2.24, 2.45) is 0 Å². The second-order valence-electron chi connectivity index (χ2n) is 12.1. The van der Waals surface area contributed by atoms with Crippen LogP contribution in [0.25, 0.3) is 54.6 Å². The molecule has 0 aromatic heterocycles. The predicted octanol–water partition coefficient (Wildman–Crippen LogP) is 9.37. The van der Waals surface area contributed by atoms with Gasteiger partial charge in [0.2, 0.25) is 0 Å². The summed E-state index contributed by atoms with van der Waals surface area (Å²) in [5.41, 5.74) is 3.40. The van der Waals surface area contributed by atoms with Crippen molar-refractivity contribution in [3.63, 3.8) is 0 Å². The molecule has 0 atom stereocenters. The molecule has 238 valence electrons. The summed E-state index contributed by atoms with van der Waals surface area (Å²) in [7, 11) is -9.11. The quantitative estimate of drug-likeness (QED) is 0.140. The van der Waals surface area contributed by atoms with Gasteiger partial charge in [-0.15, -0.1) is 0 Å². The fourth-order valence-corrected chi connectivity index (χ4v) is 9.40. The van der Waals surface area contributed by atoms with Gasteiger partial charge in [0.05, 0.1) is 4.90 Å². The molecule has 1 N–H and O–H groups in total. The molecule has 1 aliphatic carbocycles. The first-order valence-corrected chi connectivity index (χ1v) is 18.6. The average Bonchev–Trinajstić information content (AvgIpc) is 3.10. The maximum absolute atomic E-state index is 15.1. The zero-order valence-corrected chi connectivity index (χ0v) is 27.4. The van der Waals surface area contributed by atoms with E-state index < -0.39 is 20.2 Å². The van der Waals surface area contributed by atoms with Gasteiger partial charge in [0.1, 0.15) is 10.6 Å². The molecular weight excluding hydrogens is 641 g/mol. The first kappa shape index (κ1) is 30.3. The van der Waals surface area contributed by atoms with E-state index in [1.54, 1.807) is 0 Å². The molecule has 7 aromatic rings. The fraction of sp³-hybridized carbons (Fsp3) is 0.100. The third-order valence-electron chi connectivity index (χ3n) is 9.32. The van der Waals surface area contributed by atoms with Gasteiger partial charge in [-0.05, 0) is 92.9 Å². The van der Waals surface area contributed by atoms with Crippen molar-refractivity contribution in [2.45, 2.75) is 35.5 Å². The van der Waals surface area contributed by atoms with Crippen molar-refractivity contribution in [1.29, 1.82) is 0 Å². The Hall–Kier alpha value is -5.02. The summed E-state index contributed by atoms with van der Waals surface area (Å²) in [5, 5.41) is 5.35. The molecule has 0 unspecified atom stereocenters. The molecule has 0 amide bonds. The molecule has 1 aliphatic rings. The average molecular weight is 671 g/mol. The molecular formula is C40H30O6S2. The molecule has 0 heterocycles. The first-order chi connectivity index (χ1) is 23.2. The van der Waals surface area contributed by atoms with E-state index in [4.69, 9.17) is 4.18 Å². The van der Waals surface area contributed by atoms with E-state index in [-0.39, 0.29) is 15.5 Å². The van der Waals surface area contributed by atoms with Crippen LogP contribution in [0.2, 0.25) is 0 Å². The fourth-order valence-electron chi connectivity index (χ4n) is 7.24. The maximum atomic E-state index is 15.1. The lowest BCUT2D eigenvalue weighted by Gasteiger charge is -2.23. The van der Waals surface area contributed by atoms with Crippen molar-refractivity contribution >= 4 is 52.6 Å². The Balaban J connectivity index is 1.48. The van der Waals surface area contributed by atoms with Crippen LogP contribution in [0.5, 0.6) is 5.75 Å². The van der Waals surface area contributed by atoms with Crippen LogP contribution in [0.3, 0.4) is 0 Å². The summed E-state index contributed by atoms with van der Waals surface area (Å²) in [5.74, 6) is 0.0676. The lowest BCUT2D eigenvalue weighted by Crippen LogP contribution is -2.17. The van der Waals surface area contributed by atoms with Gasteiger partial charge in [-0.3, -0.25) is 4.55 Å². The van der Waals surface area contributed by atoms with Crippen molar-refractivity contribution in [2.75, 3.05) is 0 Å². The Morgan fingerprint density at radius 3 is 1.73 bits per heavy atom. The van der Waals surface area contributed by atoms with E-state index in [0.717, 1.165) is 49.9 Å². The van der Waals surface area contributed by atoms with Gasteiger partial charge in [0.15, 0.2) is 0 Å². The molecule has 7 aromatic carbocycles. The summed E-state index contributed by atoms with van der Waals surface area (Å²) < 4.78 is 70.8. The van der Waals surface area contributed by atoms with Crippen LogP contribution >= 0.6 is 0 Å². The third kappa shape index (κ3) is 5.13. The van der Waals surface area contributed by atoms with Crippen LogP contribution in [0, 0.1) is 0 Å². The smallest absolute Gasteiger partial charge is 0.340 e. The highest BCUT2D eigenvalue weighted by atomic mass is 32.2. The minimum Gasteiger partial charge on any atom is -0.379 e. The van der Waals surface area contributed by atoms with Gasteiger partial charge < -0.3 is 4.18 Å². The van der Waals surface area contributed by atoms with E-state index in [2.05, 4.69) is 0 Å². The van der Waals surface area contributed by atoms with E-state index in [0.29, 0.717) is 41.5 Å².